The van der Waals surface area contributed by atoms with Gasteiger partial charge in [0.2, 0.25) is 10.0 Å². The molecule has 0 radical (unpaired) electrons. The van der Waals surface area contributed by atoms with E-state index in [0.717, 1.165) is 34.5 Å². The molecule has 29 heavy (non-hydrogen) atoms. The number of nitrogens with zero attached hydrogens (tertiary/aromatic N) is 2. The number of piperidine rings is 1. The normalized spacial score (nSPS) is 18.1. The summed E-state index contributed by atoms with van der Waals surface area (Å²) in [7, 11) is -3.54. The van der Waals surface area contributed by atoms with E-state index in [1.54, 1.807) is 27.8 Å². The Morgan fingerprint density at radius 1 is 1.17 bits per heavy atom. The van der Waals surface area contributed by atoms with Crippen LogP contribution in [-0.4, -0.2) is 36.2 Å². The molecule has 1 amide bonds. The van der Waals surface area contributed by atoms with Crippen molar-refractivity contribution in [2.24, 2.45) is 0 Å². The molecule has 0 saturated carbocycles. The molecule has 1 atom stereocenters. The number of aryl methyl sites for hydroxylation is 1. The Morgan fingerprint density at radius 2 is 1.93 bits per heavy atom. The predicted octanol–water partition coefficient (Wildman–Crippen LogP) is 4.42. The van der Waals surface area contributed by atoms with Crippen LogP contribution in [0.5, 0.6) is 0 Å². The van der Waals surface area contributed by atoms with E-state index in [-0.39, 0.29) is 16.8 Å². The molecule has 1 N–H and O–H groups in total. The highest BCUT2D eigenvalue weighted by Gasteiger charge is 2.30. The lowest BCUT2D eigenvalue weighted by Gasteiger charge is -2.32. The molecule has 152 valence electrons. The molecule has 0 bridgehead atoms. The van der Waals surface area contributed by atoms with Crippen molar-refractivity contribution in [2.75, 3.05) is 11.9 Å². The summed E-state index contributed by atoms with van der Waals surface area (Å²) in [4.78, 5) is 17.2. The minimum Gasteiger partial charge on any atom is -0.322 e. The summed E-state index contributed by atoms with van der Waals surface area (Å²) in [6.45, 7) is 4.44. The highest BCUT2D eigenvalue weighted by molar-refractivity contribution is 7.89. The van der Waals surface area contributed by atoms with Crippen molar-refractivity contribution in [2.45, 2.75) is 44.0 Å². The van der Waals surface area contributed by atoms with Gasteiger partial charge in [-0.2, -0.15) is 4.31 Å². The molecule has 6 nitrogen and oxygen atoms in total. The van der Waals surface area contributed by atoms with Gasteiger partial charge < -0.3 is 5.32 Å². The minimum absolute atomic E-state index is 0.000920. The first-order valence-corrected chi connectivity index (χ1v) is 11.9. The fourth-order valence-electron chi connectivity index (χ4n) is 3.67. The van der Waals surface area contributed by atoms with Gasteiger partial charge in [0.25, 0.3) is 5.91 Å². The zero-order chi connectivity index (χ0) is 20.6. The van der Waals surface area contributed by atoms with Gasteiger partial charge in [0.1, 0.15) is 0 Å². The number of thiazole rings is 1. The number of hydrogen-bond acceptors (Lipinski definition) is 5. The number of carbonyl (C=O) groups is 1. The van der Waals surface area contributed by atoms with Crippen LogP contribution in [0.25, 0.3) is 10.2 Å². The average Bonchev–Trinajstić information content (AvgIpc) is 3.07. The third-order valence-corrected chi connectivity index (χ3v) is 8.20. The van der Waals surface area contributed by atoms with Crippen LogP contribution in [0.2, 0.25) is 0 Å². The first kappa shape index (κ1) is 20.0. The largest absolute Gasteiger partial charge is 0.322 e. The van der Waals surface area contributed by atoms with Crippen molar-refractivity contribution in [3.8, 4) is 0 Å². The molecule has 8 heteroatoms. The van der Waals surface area contributed by atoms with E-state index in [1.807, 2.05) is 32.0 Å². The standard InChI is InChI=1S/C21H23N3O3S2/c1-14-5-3-4-12-24(14)29(26,27)18-9-6-16(7-10-18)21(25)23-17-8-11-20-19(13-17)22-15(2)28-20/h6-11,13-14H,3-5,12H2,1-2H3,(H,23,25)/t14-/m0/s1. The predicted molar refractivity (Wildman–Crippen MR) is 116 cm³/mol. The molecule has 0 spiro atoms. The number of fused-ring (bicyclic) bond motifs is 1. The maximum absolute atomic E-state index is 12.9. The number of amides is 1. The number of sulfonamides is 1. The van der Waals surface area contributed by atoms with E-state index in [9.17, 15) is 13.2 Å². The second kappa shape index (κ2) is 7.85. The molecular weight excluding hydrogens is 406 g/mol. The van der Waals surface area contributed by atoms with Crippen LogP contribution in [0, 0.1) is 6.92 Å². The molecule has 1 aliphatic heterocycles. The lowest BCUT2D eigenvalue weighted by molar-refractivity contribution is 0.102. The van der Waals surface area contributed by atoms with E-state index >= 15 is 0 Å². The summed E-state index contributed by atoms with van der Waals surface area (Å²) in [5.41, 5.74) is 1.92. The lowest BCUT2D eigenvalue weighted by Crippen LogP contribution is -2.41. The lowest BCUT2D eigenvalue weighted by atomic mass is 10.1. The monoisotopic (exact) mass is 429 g/mol. The van der Waals surface area contributed by atoms with E-state index in [0.29, 0.717) is 17.8 Å². The van der Waals surface area contributed by atoms with Gasteiger partial charge in [0.15, 0.2) is 0 Å². The molecule has 1 saturated heterocycles. The highest BCUT2D eigenvalue weighted by Crippen LogP contribution is 2.26. The molecule has 1 fully saturated rings. The maximum Gasteiger partial charge on any atom is 0.255 e. The molecule has 4 rings (SSSR count). The molecule has 0 unspecified atom stereocenters. The topological polar surface area (TPSA) is 79.4 Å². The van der Waals surface area contributed by atoms with Crippen LogP contribution in [0.3, 0.4) is 0 Å². The van der Waals surface area contributed by atoms with E-state index in [4.69, 9.17) is 0 Å². The van der Waals surface area contributed by atoms with Gasteiger partial charge in [-0.1, -0.05) is 6.42 Å². The molecular formula is C21H23N3O3S2. The van der Waals surface area contributed by atoms with E-state index in [1.165, 1.54) is 12.1 Å². The number of benzene rings is 2. The van der Waals surface area contributed by atoms with Gasteiger partial charge >= 0.3 is 0 Å². The molecule has 2 heterocycles. The van der Waals surface area contributed by atoms with E-state index in [2.05, 4.69) is 10.3 Å². The van der Waals surface area contributed by atoms with Gasteiger partial charge in [-0.3, -0.25) is 4.79 Å². The summed E-state index contributed by atoms with van der Waals surface area (Å²) in [5.74, 6) is -0.286. The third-order valence-electron chi connectivity index (χ3n) is 5.22. The number of nitrogens with one attached hydrogen (secondary N) is 1. The zero-order valence-corrected chi connectivity index (χ0v) is 18.0. The Labute approximate surface area is 174 Å². The molecule has 0 aliphatic carbocycles. The Balaban J connectivity index is 1.51. The fraction of sp³-hybridized carbons (Fsp3) is 0.333. The number of aromatic nitrogens is 1. The van der Waals surface area contributed by atoms with Gasteiger partial charge in [-0.15, -0.1) is 11.3 Å². The summed E-state index contributed by atoms with van der Waals surface area (Å²) < 4.78 is 28.5. The van der Waals surface area contributed by atoms with Crippen LogP contribution in [0.4, 0.5) is 5.69 Å². The summed E-state index contributed by atoms with van der Waals surface area (Å²) in [5, 5.41) is 3.83. The Kier molecular flexibility index (Phi) is 5.42. The first-order chi connectivity index (χ1) is 13.8. The quantitative estimate of drug-likeness (QED) is 0.666. The average molecular weight is 430 g/mol. The second-order valence-corrected chi connectivity index (χ2v) is 10.5. The zero-order valence-electron chi connectivity index (χ0n) is 16.4. The number of carbonyl (C=O) groups excluding carboxylic acids is 1. The summed E-state index contributed by atoms with van der Waals surface area (Å²) in [6.07, 6.45) is 2.81. The van der Waals surface area contributed by atoms with Gasteiger partial charge in [0, 0.05) is 23.8 Å². The Hall–Kier alpha value is -2.29. The molecule has 1 aromatic heterocycles. The van der Waals surface area contributed by atoms with E-state index < -0.39 is 10.0 Å². The van der Waals surface area contributed by atoms with Gasteiger partial charge in [-0.25, -0.2) is 13.4 Å². The minimum atomic E-state index is -3.54. The smallest absolute Gasteiger partial charge is 0.255 e. The van der Waals surface area contributed by atoms with Crippen molar-refractivity contribution < 1.29 is 13.2 Å². The SMILES string of the molecule is Cc1nc2cc(NC(=O)c3ccc(S(=O)(=O)N4CCCC[C@@H]4C)cc3)ccc2s1. The Morgan fingerprint density at radius 3 is 2.66 bits per heavy atom. The van der Waals surface area contributed by atoms with Crippen LogP contribution in [0.1, 0.15) is 41.6 Å². The summed E-state index contributed by atoms with van der Waals surface area (Å²) >= 11 is 1.61. The van der Waals surface area contributed by atoms with Crippen molar-refractivity contribution in [3.05, 3.63) is 53.0 Å². The van der Waals surface area contributed by atoms with Crippen molar-refractivity contribution >= 4 is 43.2 Å². The highest BCUT2D eigenvalue weighted by atomic mass is 32.2. The van der Waals surface area contributed by atoms with Crippen LogP contribution < -0.4 is 5.32 Å². The van der Waals surface area contributed by atoms with Gasteiger partial charge in [0.05, 0.1) is 20.1 Å². The molecule has 2 aromatic carbocycles. The first-order valence-electron chi connectivity index (χ1n) is 9.65. The van der Waals surface area contributed by atoms with Crippen molar-refractivity contribution in [1.29, 1.82) is 0 Å². The van der Waals surface area contributed by atoms with Crippen molar-refractivity contribution in [1.82, 2.24) is 9.29 Å². The number of rotatable bonds is 4. The number of hydrogen-bond donors (Lipinski definition) is 1. The van der Waals surface area contributed by atoms with Crippen LogP contribution in [-0.2, 0) is 10.0 Å². The summed E-state index contributed by atoms with van der Waals surface area (Å²) in [6, 6.07) is 11.8. The van der Waals surface area contributed by atoms with Crippen molar-refractivity contribution in [3.63, 3.8) is 0 Å². The molecule has 3 aromatic rings. The van der Waals surface area contributed by atoms with Crippen LogP contribution in [0.15, 0.2) is 47.4 Å². The van der Waals surface area contributed by atoms with Gasteiger partial charge in [-0.05, 0) is 69.2 Å². The Bertz CT molecular complexity index is 1150. The number of anilines is 1. The fourth-order valence-corrected chi connectivity index (χ4v) is 6.17. The second-order valence-electron chi connectivity index (χ2n) is 7.35. The molecule has 1 aliphatic rings. The maximum atomic E-state index is 12.9. The third kappa shape index (κ3) is 4.05. The van der Waals surface area contributed by atoms with Crippen LogP contribution >= 0.6 is 11.3 Å².